The topological polar surface area (TPSA) is 79.5 Å². The molecule has 1 amide bonds. The second kappa shape index (κ2) is 11.4. The number of aromatic nitrogens is 4. The van der Waals surface area contributed by atoms with E-state index in [9.17, 15) is 9.59 Å². The summed E-state index contributed by atoms with van der Waals surface area (Å²) in [6.07, 6.45) is 0.398. The van der Waals surface area contributed by atoms with Gasteiger partial charge in [-0.2, -0.15) is 23.3 Å². The van der Waals surface area contributed by atoms with Crippen LogP contribution >= 0.6 is 11.8 Å². The van der Waals surface area contributed by atoms with Crippen LogP contribution in [-0.2, 0) is 18.0 Å². The standard InChI is InChI=1S/C33H36F3N7O2S/c1-5-26(44)42-19(2)15-41(16-20(42)3)31-24-13-25(33(34,35)36)27(23-10-8-9-21-14-37-39(4)28(21)23)30-29(24)43(32(45)38-31)22(18-46-30)17-40-11-6-7-12-40/h5,8-10,13-14,19-20,22H,1,6-7,11-12,15-18H2,2-4H3/t19-,20+,22?. The van der Waals surface area contributed by atoms with Crippen LogP contribution in [0.25, 0.3) is 32.9 Å². The summed E-state index contributed by atoms with van der Waals surface area (Å²) in [4.78, 5) is 37.6. The number of carbonyl (C=O) groups excluding carboxylic acids is 1. The van der Waals surface area contributed by atoms with Crippen molar-refractivity contribution in [3.05, 3.63) is 59.2 Å². The van der Waals surface area contributed by atoms with Gasteiger partial charge in [0.05, 0.1) is 28.8 Å². The summed E-state index contributed by atoms with van der Waals surface area (Å²) in [6, 6.07) is 5.68. The van der Waals surface area contributed by atoms with Gasteiger partial charge in [0.1, 0.15) is 5.82 Å². The first-order valence-corrected chi connectivity index (χ1v) is 16.6. The van der Waals surface area contributed by atoms with Crippen LogP contribution in [0.4, 0.5) is 19.0 Å². The Hall–Kier alpha value is -3.84. The number of rotatable bonds is 5. The molecule has 242 valence electrons. The zero-order valence-electron chi connectivity index (χ0n) is 26.0. The molecule has 13 heteroatoms. The Balaban J connectivity index is 1.51. The van der Waals surface area contributed by atoms with Crippen molar-refractivity contribution in [1.29, 1.82) is 0 Å². The van der Waals surface area contributed by atoms with Gasteiger partial charge >= 0.3 is 11.9 Å². The highest BCUT2D eigenvalue weighted by molar-refractivity contribution is 7.99. The van der Waals surface area contributed by atoms with Crippen LogP contribution < -0.4 is 10.6 Å². The molecule has 3 aliphatic rings. The number of amides is 1. The fourth-order valence-corrected chi connectivity index (χ4v) is 9.01. The highest BCUT2D eigenvalue weighted by Gasteiger charge is 2.41. The molecule has 3 aliphatic heterocycles. The molecule has 0 N–H and O–H groups in total. The van der Waals surface area contributed by atoms with Crippen molar-refractivity contribution >= 4 is 45.3 Å². The summed E-state index contributed by atoms with van der Waals surface area (Å²) in [5, 5.41) is 5.37. The van der Waals surface area contributed by atoms with Crippen molar-refractivity contribution in [2.75, 3.05) is 43.4 Å². The van der Waals surface area contributed by atoms with Crippen LogP contribution in [0.15, 0.2) is 52.8 Å². The number of benzene rings is 2. The van der Waals surface area contributed by atoms with Gasteiger partial charge in [0.2, 0.25) is 5.91 Å². The minimum Gasteiger partial charge on any atom is -0.352 e. The zero-order valence-corrected chi connectivity index (χ0v) is 26.9. The molecular weight excluding hydrogens is 615 g/mol. The lowest BCUT2D eigenvalue weighted by Gasteiger charge is -2.45. The number of thioether (sulfide) groups is 1. The largest absolute Gasteiger partial charge is 0.417 e. The van der Waals surface area contributed by atoms with E-state index in [1.165, 1.54) is 23.9 Å². The second-order valence-electron chi connectivity index (χ2n) is 12.6. The Labute approximate surface area is 268 Å². The molecule has 2 fully saturated rings. The Morgan fingerprint density at radius 2 is 1.85 bits per heavy atom. The number of aryl methyl sites for hydroxylation is 1. The van der Waals surface area contributed by atoms with E-state index >= 15 is 13.2 Å². The molecule has 2 aromatic carbocycles. The van der Waals surface area contributed by atoms with E-state index in [0.717, 1.165) is 31.3 Å². The van der Waals surface area contributed by atoms with Gasteiger partial charge in [-0.05, 0) is 51.9 Å². The number of fused-ring (bicyclic) bond motifs is 1. The minimum absolute atomic E-state index is 0.0623. The third-order valence-electron chi connectivity index (χ3n) is 9.58. The van der Waals surface area contributed by atoms with Crippen molar-refractivity contribution in [2.45, 2.75) is 55.9 Å². The lowest BCUT2D eigenvalue weighted by atomic mass is 9.94. The van der Waals surface area contributed by atoms with E-state index in [1.807, 2.05) is 24.8 Å². The molecule has 7 rings (SSSR count). The average molecular weight is 652 g/mol. The number of hydrogen-bond donors (Lipinski definition) is 0. The summed E-state index contributed by atoms with van der Waals surface area (Å²) in [5.74, 6) is 0.463. The molecule has 2 aromatic heterocycles. The van der Waals surface area contributed by atoms with Gasteiger partial charge in [-0.15, -0.1) is 11.8 Å². The van der Waals surface area contributed by atoms with E-state index in [0.29, 0.717) is 52.3 Å². The van der Waals surface area contributed by atoms with Crippen molar-refractivity contribution < 1.29 is 18.0 Å². The van der Waals surface area contributed by atoms with Gasteiger partial charge in [0, 0.05) is 71.3 Å². The lowest BCUT2D eigenvalue weighted by Crippen LogP contribution is -2.58. The van der Waals surface area contributed by atoms with E-state index in [-0.39, 0.29) is 35.4 Å². The number of anilines is 1. The summed E-state index contributed by atoms with van der Waals surface area (Å²) < 4.78 is 49.0. The zero-order chi connectivity index (χ0) is 32.5. The van der Waals surface area contributed by atoms with Crippen LogP contribution in [0.5, 0.6) is 0 Å². The first-order chi connectivity index (χ1) is 22.0. The molecular formula is C33H36F3N7O2S. The SMILES string of the molecule is C=CC(=O)N1[C@H](C)CN(c2nc(=O)n3c4c(c(-c5cccc6cnn(C)c56)c(C(F)(F)F)cc24)SCC3CN2CCCC2)C[C@@H]1C. The van der Waals surface area contributed by atoms with Crippen molar-refractivity contribution in [2.24, 2.45) is 7.05 Å². The van der Waals surface area contributed by atoms with Crippen LogP contribution in [0.3, 0.4) is 0 Å². The number of carbonyl (C=O) groups is 1. The number of alkyl halides is 3. The van der Waals surface area contributed by atoms with Crippen molar-refractivity contribution in [3.8, 4) is 11.1 Å². The molecule has 0 aliphatic carbocycles. The summed E-state index contributed by atoms with van der Waals surface area (Å²) in [5.41, 5.74) is 0.321. The maximum atomic E-state index is 15.2. The maximum absolute atomic E-state index is 15.2. The number of para-hydroxylation sites is 1. The van der Waals surface area contributed by atoms with Crippen molar-refractivity contribution in [1.82, 2.24) is 29.1 Å². The number of halogens is 3. The van der Waals surface area contributed by atoms with Gasteiger partial charge in [-0.25, -0.2) is 4.79 Å². The minimum atomic E-state index is -4.69. The third kappa shape index (κ3) is 4.98. The second-order valence-corrected chi connectivity index (χ2v) is 13.7. The molecule has 46 heavy (non-hydrogen) atoms. The Morgan fingerprint density at radius 1 is 1.13 bits per heavy atom. The Morgan fingerprint density at radius 3 is 2.52 bits per heavy atom. The molecule has 5 heterocycles. The predicted octanol–water partition coefficient (Wildman–Crippen LogP) is 5.32. The van der Waals surface area contributed by atoms with Gasteiger partial charge in [-0.3, -0.25) is 14.0 Å². The number of likely N-dealkylation sites (tertiary alicyclic amines) is 1. The molecule has 9 nitrogen and oxygen atoms in total. The summed E-state index contributed by atoms with van der Waals surface area (Å²) >= 11 is 1.39. The third-order valence-corrected chi connectivity index (χ3v) is 10.8. The fourth-order valence-electron chi connectivity index (χ4n) is 7.69. The average Bonchev–Trinajstić information content (AvgIpc) is 3.67. The molecule has 1 unspecified atom stereocenters. The van der Waals surface area contributed by atoms with Gasteiger partial charge in [0.25, 0.3) is 0 Å². The first kappa shape index (κ1) is 30.8. The quantitative estimate of drug-likeness (QED) is 0.270. The summed E-state index contributed by atoms with van der Waals surface area (Å²) in [7, 11) is 1.72. The van der Waals surface area contributed by atoms with E-state index in [1.54, 1.807) is 39.5 Å². The highest BCUT2D eigenvalue weighted by atomic mass is 32.2. The van der Waals surface area contributed by atoms with Gasteiger partial charge < -0.3 is 14.7 Å². The van der Waals surface area contributed by atoms with E-state index < -0.39 is 17.4 Å². The molecule has 0 saturated carbocycles. The van der Waals surface area contributed by atoms with E-state index in [2.05, 4.69) is 21.6 Å². The molecule has 0 bridgehead atoms. The molecule has 0 radical (unpaired) electrons. The normalized spacial score (nSPS) is 22.3. The number of nitrogens with zero attached hydrogens (tertiary/aromatic N) is 7. The maximum Gasteiger partial charge on any atom is 0.417 e. The van der Waals surface area contributed by atoms with Crippen LogP contribution in [-0.4, -0.2) is 85.6 Å². The van der Waals surface area contributed by atoms with Crippen LogP contribution in [0.1, 0.15) is 38.3 Å². The molecule has 4 aromatic rings. The van der Waals surface area contributed by atoms with Crippen molar-refractivity contribution in [3.63, 3.8) is 0 Å². The highest BCUT2D eigenvalue weighted by Crippen LogP contribution is 2.51. The number of hydrogen-bond acceptors (Lipinski definition) is 7. The van der Waals surface area contributed by atoms with Gasteiger partial charge in [0.15, 0.2) is 0 Å². The van der Waals surface area contributed by atoms with E-state index in [4.69, 9.17) is 0 Å². The Bertz CT molecular complexity index is 1920. The molecule has 3 atom stereocenters. The molecule has 2 saturated heterocycles. The lowest BCUT2D eigenvalue weighted by molar-refractivity contribution is -0.137. The fraction of sp³-hybridized carbons (Fsp3) is 0.455. The first-order valence-electron chi connectivity index (χ1n) is 15.6. The monoisotopic (exact) mass is 651 g/mol. The van der Waals surface area contributed by atoms with Crippen LogP contribution in [0.2, 0.25) is 0 Å². The number of piperazine rings is 1. The van der Waals surface area contributed by atoms with Gasteiger partial charge in [-0.1, -0.05) is 24.8 Å². The molecule has 0 spiro atoms. The Kier molecular flexibility index (Phi) is 7.66. The summed E-state index contributed by atoms with van der Waals surface area (Å²) in [6.45, 7) is 10.5. The smallest absolute Gasteiger partial charge is 0.352 e. The van der Waals surface area contributed by atoms with Crippen LogP contribution in [0, 0.1) is 0 Å². The predicted molar refractivity (Wildman–Crippen MR) is 174 cm³/mol.